The van der Waals surface area contributed by atoms with Crippen molar-refractivity contribution in [2.45, 2.75) is 42.2 Å². The van der Waals surface area contributed by atoms with Gasteiger partial charge in [-0.05, 0) is 75.3 Å². The number of anilines is 2. The number of pyridine rings is 2. The SMILES string of the molecule is CN(C)CCCOc1ncc(-c2ccc3ncc4c(c3c2)C2(CCC2)C(=O)N4C)cc1NS(=O)(=O)c1cc(F)cc(C(F)(F)F)c1. The van der Waals surface area contributed by atoms with E-state index in [4.69, 9.17) is 4.74 Å². The van der Waals surface area contributed by atoms with Crippen molar-refractivity contribution in [2.24, 2.45) is 0 Å². The number of rotatable bonds is 9. The van der Waals surface area contributed by atoms with Crippen LogP contribution < -0.4 is 14.4 Å². The van der Waals surface area contributed by atoms with E-state index in [0.717, 1.165) is 35.9 Å². The Labute approximate surface area is 263 Å². The fraction of sp³-hybridized carbons (Fsp3) is 0.344. The quantitative estimate of drug-likeness (QED) is 0.174. The molecular weight excluding hydrogens is 626 g/mol. The van der Waals surface area contributed by atoms with Gasteiger partial charge in [0.25, 0.3) is 10.0 Å². The number of aromatic nitrogens is 2. The van der Waals surface area contributed by atoms with Crippen molar-refractivity contribution in [3.05, 3.63) is 71.8 Å². The second-order valence-corrected chi connectivity index (χ2v) is 13.6. The zero-order valence-corrected chi connectivity index (χ0v) is 26.1. The molecule has 2 aromatic heterocycles. The number of ether oxygens (including phenoxy) is 1. The average Bonchev–Trinajstić information content (AvgIpc) is 3.21. The van der Waals surface area contributed by atoms with Crippen molar-refractivity contribution in [3.63, 3.8) is 0 Å². The smallest absolute Gasteiger partial charge is 0.416 e. The molecule has 14 heteroatoms. The molecule has 0 radical (unpaired) electrons. The van der Waals surface area contributed by atoms with Crippen LogP contribution in [0.2, 0.25) is 0 Å². The number of alkyl halides is 3. The maximum Gasteiger partial charge on any atom is 0.416 e. The minimum atomic E-state index is -4.96. The van der Waals surface area contributed by atoms with E-state index < -0.39 is 37.9 Å². The summed E-state index contributed by atoms with van der Waals surface area (Å²) in [4.78, 5) is 24.9. The predicted octanol–water partition coefficient (Wildman–Crippen LogP) is 5.98. The molecule has 1 amide bonds. The Morgan fingerprint density at radius 3 is 2.48 bits per heavy atom. The lowest BCUT2D eigenvalue weighted by atomic mass is 9.64. The van der Waals surface area contributed by atoms with E-state index in [2.05, 4.69) is 14.7 Å². The van der Waals surface area contributed by atoms with Crippen LogP contribution in [0.4, 0.5) is 28.9 Å². The molecule has 3 heterocycles. The van der Waals surface area contributed by atoms with Crippen LogP contribution in [0.15, 0.2) is 59.8 Å². The molecule has 1 N–H and O–H groups in total. The maximum absolute atomic E-state index is 14.2. The Balaban J connectivity index is 1.42. The van der Waals surface area contributed by atoms with E-state index >= 15 is 0 Å². The summed E-state index contributed by atoms with van der Waals surface area (Å²) >= 11 is 0. The van der Waals surface area contributed by atoms with Gasteiger partial charge in [0.15, 0.2) is 0 Å². The summed E-state index contributed by atoms with van der Waals surface area (Å²) in [6.45, 7) is 0.853. The number of nitrogens with zero attached hydrogens (tertiary/aromatic N) is 4. The molecule has 1 saturated carbocycles. The number of carbonyl (C=O) groups excluding carboxylic acids is 1. The molecule has 1 aliphatic heterocycles. The minimum Gasteiger partial charge on any atom is -0.476 e. The molecule has 4 aromatic rings. The molecule has 46 heavy (non-hydrogen) atoms. The highest BCUT2D eigenvalue weighted by molar-refractivity contribution is 7.92. The number of amides is 1. The molecule has 9 nitrogen and oxygen atoms in total. The first-order valence-corrected chi connectivity index (χ1v) is 16.1. The Kier molecular flexibility index (Phi) is 7.92. The van der Waals surface area contributed by atoms with Crippen molar-refractivity contribution < 1.29 is 35.5 Å². The van der Waals surface area contributed by atoms with E-state index in [0.29, 0.717) is 41.7 Å². The third-order valence-corrected chi connectivity index (χ3v) is 9.88. The van der Waals surface area contributed by atoms with Gasteiger partial charge in [0.1, 0.15) is 11.5 Å². The Morgan fingerprint density at radius 2 is 1.80 bits per heavy atom. The molecule has 6 rings (SSSR count). The predicted molar refractivity (Wildman–Crippen MR) is 165 cm³/mol. The van der Waals surface area contributed by atoms with Gasteiger partial charge in [0.05, 0.1) is 39.9 Å². The molecule has 1 fully saturated rings. The average molecular weight is 658 g/mol. The molecular formula is C32H31F4N5O4S. The van der Waals surface area contributed by atoms with Gasteiger partial charge in [0, 0.05) is 36.3 Å². The van der Waals surface area contributed by atoms with E-state index in [1.807, 2.05) is 25.1 Å². The van der Waals surface area contributed by atoms with Crippen molar-refractivity contribution in [1.82, 2.24) is 14.9 Å². The summed E-state index contributed by atoms with van der Waals surface area (Å²) in [6.07, 6.45) is 1.22. The number of hydrogen-bond donors (Lipinski definition) is 1. The first kappa shape index (κ1) is 31.7. The maximum atomic E-state index is 14.2. The topological polar surface area (TPSA) is 105 Å². The first-order chi connectivity index (χ1) is 21.7. The third kappa shape index (κ3) is 5.64. The van der Waals surface area contributed by atoms with E-state index in [-0.39, 0.29) is 30.1 Å². The van der Waals surface area contributed by atoms with Crippen LogP contribution in [0.5, 0.6) is 5.88 Å². The number of fused-ring (bicyclic) bond motifs is 4. The van der Waals surface area contributed by atoms with Gasteiger partial charge in [-0.1, -0.05) is 12.5 Å². The van der Waals surface area contributed by atoms with Gasteiger partial charge in [0.2, 0.25) is 11.8 Å². The van der Waals surface area contributed by atoms with Crippen LogP contribution in [0.1, 0.15) is 36.8 Å². The lowest BCUT2D eigenvalue weighted by Crippen LogP contribution is -2.43. The van der Waals surface area contributed by atoms with Crippen LogP contribution in [0, 0.1) is 5.82 Å². The van der Waals surface area contributed by atoms with Crippen LogP contribution in [0.25, 0.3) is 22.0 Å². The normalized spacial score (nSPS) is 15.8. The van der Waals surface area contributed by atoms with Crippen LogP contribution in [-0.2, 0) is 26.4 Å². The molecule has 0 bridgehead atoms. The Bertz CT molecular complexity index is 1960. The van der Waals surface area contributed by atoms with Gasteiger partial charge in [-0.3, -0.25) is 14.5 Å². The summed E-state index contributed by atoms with van der Waals surface area (Å²) in [5.74, 6) is -1.41. The molecule has 2 aliphatic rings. The summed E-state index contributed by atoms with van der Waals surface area (Å²) in [5, 5.41) is 0.790. The van der Waals surface area contributed by atoms with Gasteiger partial charge in [-0.15, -0.1) is 0 Å². The second kappa shape index (κ2) is 11.5. The van der Waals surface area contributed by atoms with Gasteiger partial charge in [-0.25, -0.2) is 17.8 Å². The lowest BCUT2D eigenvalue weighted by Gasteiger charge is -2.37. The van der Waals surface area contributed by atoms with E-state index in [1.165, 1.54) is 12.3 Å². The van der Waals surface area contributed by atoms with Crippen LogP contribution in [0.3, 0.4) is 0 Å². The highest BCUT2D eigenvalue weighted by Gasteiger charge is 2.54. The number of benzene rings is 2. The van der Waals surface area contributed by atoms with Gasteiger partial charge in [-0.2, -0.15) is 13.2 Å². The van der Waals surface area contributed by atoms with Crippen molar-refractivity contribution in [3.8, 4) is 17.0 Å². The number of hydrogen-bond acceptors (Lipinski definition) is 7. The first-order valence-electron chi connectivity index (χ1n) is 14.6. The summed E-state index contributed by atoms with van der Waals surface area (Å²) in [7, 11) is 0.786. The van der Waals surface area contributed by atoms with E-state index in [1.54, 1.807) is 30.3 Å². The number of sulfonamides is 1. The molecule has 242 valence electrons. The fourth-order valence-corrected chi connectivity index (χ4v) is 7.19. The highest BCUT2D eigenvalue weighted by atomic mass is 32.2. The molecule has 1 spiro atoms. The number of likely N-dealkylation sites (N-methyl/N-ethyl adjacent to an activating group) is 1. The molecule has 1 aliphatic carbocycles. The number of carbonyl (C=O) groups is 1. The molecule has 2 aromatic carbocycles. The monoisotopic (exact) mass is 657 g/mol. The lowest BCUT2D eigenvalue weighted by molar-refractivity contribution is -0.138. The summed E-state index contributed by atoms with van der Waals surface area (Å²) < 4.78 is 89.0. The van der Waals surface area contributed by atoms with Crippen molar-refractivity contribution >= 4 is 38.2 Å². The second-order valence-electron chi connectivity index (χ2n) is 11.9. The van der Waals surface area contributed by atoms with E-state index in [9.17, 15) is 30.8 Å². The van der Waals surface area contributed by atoms with Gasteiger partial charge < -0.3 is 14.5 Å². The van der Waals surface area contributed by atoms with Gasteiger partial charge >= 0.3 is 6.18 Å². The number of nitrogens with one attached hydrogen (secondary N) is 1. The standard InChI is InChI=1S/C32H31F4N5O4S/c1-40(2)10-5-11-45-29-26(39-46(43,44)23-15-21(32(34,35)36)14-22(33)16-23)13-20(17-38-29)19-6-7-25-24(12-19)28-27(18-37-25)41(3)30(42)31(28)8-4-9-31/h6-7,12-18,39H,4-5,8-11H2,1-3H3. The summed E-state index contributed by atoms with van der Waals surface area (Å²) in [5.41, 5.74) is 1.28. The fourth-order valence-electron chi connectivity index (χ4n) is 6.08. The van der Waals surface area contributed by atoms with Crippen LogP contribution in [-0.4, -0.2) is 63.5 Å². The molecule has 0 atom stereocenters. The molecule has 0 unspecified atom stereocenters. The zero-order chi connectivity index (χ0) is 33.0. The van der Waals surface area contributed by atoms with Crippen LogP contribution >= 0.6 is 0 Å². The molecule has 0 saturated heterocycles. The van der Waals surface area contributed by atoms with Crippen molar-refractivity contribution in [2.75, 3.05) is 43.9 Å². The van der Waals surface area contributed by atoms with Crippen molar-refractivity contribution in [1.29, 1.82) is 0 Å². The third-order valence-electron chi connectivity index (χ3n) is 8.54. The zero-order valence-electron chi connectivity index (χ0n) is 25.3. The highest BCUT2D eigenvalue weighted by Crippen LogP contribution is 2.55. The minimum absolute atomic E-state index is 0.0358. The number of halogens is 4. The Morgan fingerprint density at radius 1 is 1.04 bits per heavy atom. The Hall–Kier alpha value is -4.30. The largest absolute Gasteiger partial charge is 0.476 e. The summed E-state index contributed by atoms with van der Waals surface area (Å²) in [6, 6.07) is 8.03.